The number of hydrogen-bond acceptors (Lipinski definition) is 4. The minimum atomic E-state index is -0.445. The number of hydrogen-bond donors (Lipinski definition) is 2. The molecule has 3 heterocycles. The second-order valence-electron chi connectivity index (χ2n) is 6.54. The first-order chi connectivity index (χ1) is 12.5. The van der Waals surface area contributed by atoms with E-state index in [4.69, 9.17) is 11.6 Å². The van der Waals surface area contributed by atoms with Crippen molar-refractivity contribution in [2.45, 2.75) is 12.5 Å². The number of anilines is 2. The van der Waals surface area contributed by atoms with Gasteiger partial charge in [-0.05, 0) is 30.7 Å². The van der Waals surface area contributed by atoms with Crippen LogP contribution in [0.1, 0.15) is 16.8 Å². The number of likely N-dealkylation sites (tertiary alicyclic amines) is 1. The summed E-state index contributed by atoms with van der Waals surface area (Å²) in [6, 6.07) is 9.34. The Morgan fingerprint density at radius 2 is 2.19 bits per heavy atom. The van der Waals surface area contributed by atoms with Crippen LogP contribution in [0.4, 0.5) is 11.5 Å². The number of carbonyl (C=O) groups excluding carboxylic acids is 1. The average Bonchev–Trinajstić information content (AvgIpc) is 3.22. The minimum Gasteiger partial charge on any atom is -0.391 e. The molecule has 1 fully saturated rings. The number of rotatable bonds is 3. The number of β-amino-alcohol motifs (C(OH)–C–C–N with tert-alkyl or cyclic N) is 1. The Balaban J connectivity index is 0.00000210. The van der Waals surface area contributed by atoms with E-state index in [1.807, 2.05) is 48.1 Å². The van der Waals surface area contributed by atoms with Crippen LogP contribution in [0, 0.1) is 0 Å². The molecule has 6 nitrogen and oxygen atoms in total. The molecule has 2 N–H and O–H groups in total. The summed E-state index contributed by atoms with van der Waals surface area (Å²) in [7, 11) is 1.90. The van der Waals surface area contributed by atoms with Gasteiger partial charge in [0.25, 0.3) is 5.91 Å². The Labute approximate surface area is 168 Å². The third kappa shape index (κ3) is 3.74. The highest BCUT2D eigenvalue weighted by atomic mass is 35.5. The van der Waals surface area contributed by atoms with E-state index in [9.17, 15) is 9.90 Å². The molecule has 4 rings (SSSR count). The largest absolute Gasteiger partial charge is 0.391 e. The number of aromatic nitrogens is 2. The molecule has 0 saturated carbocycles. The van der Waals surface area contributed by atoms with Crippen LogP contribution in [-0.2, 0) is 7.05 Å². The first kappa shape index (κ1) is 19.5. The van der Waals surface area contributed by atoms with Gasteiger partial charge in [0.05, 0.1) is 17.2 Å². The van der Waals surface area contributed by atoms with Gasteiger partial charge in [-0.3, -0.25) is 4.79 Å². The highest BCUT2D eigenvalue weighted by Gasteiger charge is 2.27. The maximum atomic E-state index is 12.9. The topological polar surface area (TPSA) is 70.4 Å². The summed E-state index contributed by atoms with van der Waals surface area (Å²) in [6.45, 7) is 0.932. The van der Waals surface area contributed by atoms with E-state index >= 15 is 0 Å². The van der Waals surface area contributed by atoms with Gasteiger partial charge in [0.2, 0.25) is 0 Å². The molecule has 2 aromatic heterocycles. The number of carbonyl (C=O) groups is 1. The Morgan fingerprint density at radius 3 is 2.89 bits per heavy atom. The SMILES string of the molecule is Cl.Cn1ccc2c(Nc3cccc(Cl)c3)ncc(C(=O)N3CC[C@H](O)C3)c21. The van der Waals surface area contributed by atoms with E-state index in [1.165, 1.54) is 0 Å². The Morgan fingerprint density at radius 1 is 1.37 bits per heavy atom. The van der Waals surface area contributed by atoms with Crippen molar-refractivity contribution in [3.8, 4) is 0 Å². The first-order valence-corrected chi connectivity index (χ1v) is 8.84. The van der Waals surface area contributed by atoms with Gasteiger partial charge in [-0.25, -0.2) is 4.98 Å². The molecule has 0 radical (unpaired) electrons. The van der Waals surface area contributed by atoms with E-state index < -0.39 is 6.10 Å². The van der Waals surface area contributed by atoms with Crippen LogP contribution in [0.2, 0.25) is 5.02 Å². The van der Waals surface area contributed by atoms with Gasteiger partial charge in [0.1, 0.15) is 5.82 Å². The second kappa shape index (κ2) is 7.76. The highest BCUT2D eigenvalue weighted by Crippen LogP contribution is 2.29. The molecule has 0 bridgehead atoms. The van der Waals surface area contributed by atoms with E-state index in [2.05, 4.69) is 10.3 Å². The first-order valence-electron chi connectivity index (χ1n) is 8.47. The molecule has 1 atom stereocenters. The van der Waals surface area contributed by atoms with Crippen LogP contribution in [-0.4, -0.2) is 44.7 Å². The van der Waals surface area contributed by atoms with Gasteiger partial charge in [-0.1, -0.05) is 17.7 Å². The molecule has 1 saturated heterocycles. The van der Waals surface area contributed by atoms with E-state index in [1.54, 1.807) is 11.1 Å². The zero-order chi connectivity index (χ0) is 18.3. The number of nitrogens with zero attached hydrogens (tertiary/aromatic N) is 3. The quantitative estimate of drug-likeness (QED) is 0.696. The van der Waals surface area contributed by atoms with Crippen molar-refractivity contribution < 1.29 is 9.90 Å². The van der Waals surface area contributed by atoms with Gasteiger partial charge in [0.15, 0.2) is 0 Å². The van der Waals surface area contributed by atoms with E-state index in [0.29, 0.717) is 35.9 Å². The predicted molar refractivity (Wildman–Crippen MR) is 109 cm³/mol. The molecule has 1 aliphatic rings. The Hall–Kier alpha value is -2.28. The fourth-order valence-electron chi connectivity index (χ4n) is 3.37. The fraction of sp³-hybridized carbons (Fsp3) is 0.263. The lowest BCUT2D eigenvalue weighted by Crippen LogP contribution is -2.30. The van der Waals surface area contributed by atoms with Gasteiger partial charge in [-0.15, -0.1) is 12.4 Å². The van der Waals surface area contributed by atoms with Gasteiger partial charge < -0.3 is 19.9 Å². The molecule has 142 valence electrons. The van der Waals surface area contributed by atoms with Crippen molar-refractivity contribution in [1.82, 2.24) is 14.5 Å². The standard InChI is InChI=1S/C19H19ClN4O2.ClH/c1-23-7-6-15-17(23)16(19(26)24-8-5-14(25)11-24)10-21-18(15)22-13-4-2-3-12(20)9-13;/h2-4,6-7,9-10,14,25H,5,8,11H2,1H3,(H,21,22);1H/t14-;/m0./s1. The lowest BCUT2D eigenvalue weighted by Gasteiger charge is -2.17. The van der Waals surface area contributed by atoms with Crippen LogP contribution < -0.4 is 5.32 Å². The van der Waals surface area contributed by atoms with Crippen molar-refractivity contribution >= 4 is 52.3 Å². The van der Waals surface area contributed by atoms with Crippen LogP contribution in [0.15, 0.2) is 42.7 Å². The summed E-state index contributed by atoms with van der Waals surface area (Å²) in [5.74, 6) is 0.566. The number of halogens is 2. The molecule has 27 heavy (non-hydrogen) atoms. The third-order valence-electron chi connectivity index (χ3n) is 4.67. The number of aliphatic hydroxyl groups is 1. The van der Waals surface area contributed by atoms with Crippen molar-refractivity contribution in [2.75, 3.05) is 18.4 Å². The summed E-state index contributed by atoms with van der Waals surface area (Å²) in [5, 5.41) is 14.5. The fourth-order valence-corrected chi connectivity index (χ4v) is 3.56. The van der Waals surface area contributed by atoms with Crippen molar-refractivity contribution in [3.63, 3.8) is 0 Å². The number of aryl methyl sites for hydroxylation is 1. The van der Waals surface area contributed by atoms with Crippen LogP contribution in [0.5, 0.6) is 0 Å². The number of fused-ring (bicyclic) bond motifs is 1. The smallest absolute Gasteiger partial charge is 0.257 e. The van der Waals surface area contributed by atoms with Gasteiger partial charge in [-0.2, -0.15) is 0 Å². The van der Waals surface area contributed by atoms with E-state index in [0.717, 1.165) is 16.6 Å². The number of aliphatic hydroxyl groups excluding tert-OH is 1. The predicted octanol–water partition coefficient (Wildman–Crippen LogP) is 3.60. The summed E-state index contributed by atoms with van der Waals surface area (Å²) in [4.78, 5) is 19.1. The molecule has 1 amide bonds. The number of benzene rings is 1. The zero-order valence-corrected chi connectivity index (χ0v) is 16.3. The number of nitrogens with one attached hydrogen (secondary N) is 1. The molecule has 1 aliphatic heterocycles. The van der Waals surface area contributed by atoms with Crippen molar-refractivity contribution in [3.05, 3.63) is 53.3 Å². The monoisotopic (exact) mass is 406 g/mol. The lowest BCUT2D eigenvalue weighted by molar-refractivity contribution is 0.0766. The lowest BCUT2D eigenvalue weighted by atomic mass is 10.1. The summed E-state index contributed by atoms with van der Waals surface area (Å²) in [6.07, 6.45) is 3.68. The normalized spacial score (nSPS) is 16.4. The molecule has 0 aliphatic carbocycles. The van der Waals surface area contributed by atoms with Crippen molar-refractivity contribution in [2.24, 2.45) is 7.05 Å². The van der Waals surface area contributed by atoms with Crippen LogP contribution in [0.25, 0.3) is 10.9 Å². The average molecular weight is 407 g/mol. The zero-order valence-electron chi connectivity index (χ0n) is 14.7. The highest BCUT2D eigenvalue weighted by molar-refractivity contribution is 6.30. The molecule has 0 unspecified atom stereocenters. The number of amides is 1. The minimum absolute atomic E-state index is 0. The third-order valence-corrected chi connectivity index (χ3v) is 4.91. The molecule has 1 aromatic carbocycles. The van der Waals surface area contributed by atoms with Gasteiger partial charge in [0, 0.05) is 48.6 Å². The van der Waals surface area contributed by atoms with Gasteiger partial charge >= 0.3 is 0 Å². The van der Waals surface area contributed by atoms with Crippen LogP contribution >= 0.6 is 24.0 Å². The van der Waals surface area contributed by atoms with Crippen LogP contribution in [0.3, 0.4) is 0 Å². The van der Waals surface area contributed by atoms with E-state index in [-0.39, 0.29) is 18.3 Å². The summed E-state index contributed by atoms with van der Waals surface area (Å²) in [5.41, 5.74) is 2.19. The Bertz CT molecular complexity index is 989. The maximum absolute atomic E-state index is 12.9. The molecular weight excluding hydrogens is 387 g/mol. The summed E-state index contributed by atoms with van der Waals surface area (Å²) >= 11 is 6.05. The molecule has 0 spiro atoms. The maximum Gasteiger partial charge on any atom is 0.257 e. The summed E-state index contributed by atoms with van der Waals surface area (Å²) < 4.78 is 1.92. The molecule has 3 aromatic rings. The second-order valence-corrected chi connectivity index (χ2v) is 6.97. The number of pyridine rings is 1. The Kier molecular flexibility index (Phi) is 5.60. The molecule has 8 heteroatoms. The van der Waals surface area contributed by atoms with Crippen molar-refractivity contribution in [1.29, 1.82) is 0 Å². The molecular formula is C19H20Cl2N4O2.